The van der Waals surface area contributed by atoms with Crippen LogP contribution in [0.25, 0.3) is 0 Å². The first-order valence-electron chi connectivity index (χ1n) is 15.9. The number of ketones is 1. The first-order valence-corrected chi connectivity index (χ1v) is 15.9. The number of fused-ring (bicyclic) bond motifs is 2. The lowest BCUT2D eigenvalue weighted by atomic mass is 9.37. The monoisotopic (exact) mass is 682 g/mol. The molecule has 3 aliphatic carbocycles. The Kier molecular flexibility index (Phi) is 8.60. The number of aliphatic hydroxyl groups excluding tert-OH is 6. The van der Waals surface area contributed by atoms with Crippen LogP contribution < -0.4 is 0 Å². The van der Waals surface area contributed by atoms with Gasteiger partial charge in [0.2, 0.25) is 23.8 Å². The molecule has 3 aliphatic heterocycles. The number of carbonyl (C=O) groups excluding carboxylic acids is 4. The van der Waals surface area contributed by atoms with Crippen molar-refractivity contribution in [3.05, 3.63) is 23.5 Å². The number of allylic oxidation sites excluding steroid dienone is 3. The SMILES string of the molecule is COC(=O)C12OCC34C(CC5C(C)C=C(OC6OC(CO)C(O)C(O)C6O)C(=O)C5(C)C3C(O)C1O)OC(=O)C(OC(=O)C=C(C)C)C24. The summed E-state index contributed by atoms with van der Waals surface area (Å²) in [5.41, 5.74) is -5.02. The minimum absolute atomic E-state index is 0.0457. The largest absolute Gasteiger partial charge is 0.467 e. The molecule has 16 atom stereocenters. The van der Waals surface area contributed by atoms with Gasteiger partial charge in [0, 0.05) is 22.8 Å². The fraction of sp³-hybridized carbons (Fsp3) is 0.750. The lowest BCUT2D eigenvalue weighted by Gasteiger charge is -2.67. The van der Waals surface area contributed by atoms with Gasteiger partial charge in [0.15, 0.2) is 5.76 Å². The molecular weight excluding hydrogens is 640 g/mol. The van der Waals surface area contributed by atoms with Crippen LogP contribution in [0.2, 0.25) is 0 Å². The highest BCUT2D eigenvalue weighted by atomic mass is 16.7. The normalized spacial score (nSPS) is 49.1. The highest BCUT2D eigenvalue weighted by Gasteiger charge is 2.86. The minimum Gasteiger partial charge on any atom is -0.467 e. The van der Waals surface area contributed by atoms with E-state index in [1.165, 1.54) is 6.08 Å². The lowest BCUT2D eigenvalue weighted by molar-refractivity contribution is -0.297. The number of ether oxygens (including phenoxy) is 6. The number of Topliss-reactive ketones (excluding diaryl/α,β-unsaturated/α-hetero) is 1. The van der Waals surface area contributed by atoms with Gasteiger partial charge in [-0.25, -0.2) is 14.4 Å². The molecular formula is C32H42O16. The number of esters is 3. The van der Waals surface area contributed by atoms with E-state index >= 15 is 0 Å². The van der Waals surface area contributed by atoms with Crippen molar-refractivity contribution >= 4 is 23.7 Å². The van der Waals surface area contributed by atoms with E-state index in [1.54, 1.807) is 27.7 Å². The quantitative estimate of drug-likeness (QED) is 0.0974. The van der Waals surface area contributed by atoms with Crippen LogP contribution in [-0.2, 0) is 47.6 Å². The molecule has 3 saturated heterocycles. The van der Waals surface area contributed by atoms with Gasteiger partial charge in [-0.3, -0.25) is 4.79 Å². The molecule has 5 fully saturated rings. The van der Waals surface area contributed by atoms with Crippen LogP contribution >= 0.6 is 0 Å². The predicted molar refractivity (Wildman–Crippen MR) is 155 cm³/mol. The summed E-state index contributed by atoms with van der Waals surface area (Å²) in [6.45, 7) is 5.45. The molecule has 0 aromatic rings. The van der Waals surface area contributed by atoms with Gasteiger partial charge in [0.25, 0.3) is 0 Å². The van der Waals surface area contributed by atoms with E-state index in [-0.39, 0.29) is 12.2 Å². The zero-order valence-electron chi connectivity index (χ0n) is 27.0. The number of hydrogen-bond donors (Lipinski definition) is 6. The molecule has 48 heavy (non-hydrogen) atoms. The highest BCUT2D eigenvalue weighted by Crippen LogP contribution is 2.72. The van der Waals surface area contributed by atoms with Crippen LogP contribution in [0.4, 0.5) is 0 Å². The number of rotatable bonds is 6. The molecule has 16 unspecified atom stereocenters. The zero-order valence-corrected chi connectivity index (χ0v) is 27.0. The Morgan fingerprint density at radius 3 is 2.35 bits per heavy atom. The van der Waals surface area contributed by atoms with E-state index in [4.69, 9.17) is 28.4 Å². The number of aliphatic hydroxyl groups is 6. The molecule has 6 aliphatic rings. The third-order valence-electron chi connectivity index (χ3n) is 11.6. The maximum Gasteiger partial charge on any atom is 0.348 e. The smallest absolute Gasteiger partial charge is 0.348 e. The first-order chi connectivity index (χ1) is 22.5. The molecule has 0 aromatic heterocycles. The van der Waals surface area contributed by atoms with Gasteiger partial charge in [0.05, 0.1) is 32.3 Å². The van der Waals surface area contributed by atoms with Crippen molar-refractivity contribution in [1.82, 2.24) is 0 Å². The highest BCUT2D eigenvalue weighted by molar-refractivity contribution is 6.00. The van der Waals surface area contributed by atoms with Crippen molar-refractivity contribution in [1.29, 1.82) is 0 Å². The molecule has 0 aromatic carbocycles. The summed E-state index contributed by atoms with van der Waals surface area (Å²) in [6, 6.07) is 0. The lowest BCUT2D eigenvalue weighted by Crippen LogP contribution is -2.80. The van der Waals surface area contributed by atoms with Crippen molar-refractivity contribution in [2.24, 2.45) is 34.5 Å². The summed E-state index contributed by atoms with van der Waals surface area (Å²) >= 11 is 0. The maximum absolute atomic E-state index is 14.7. The molecule has 6 rings (SSSR count). The van der Waals surface area contributed by atoms with Crippen molar-refractivity contribution < 1.29 is 78.2 Å². The predicted octanol–water partition coefficient (Wildman–Crippen LogP) is -2.37. The molecule has 6 N–H and O–H groups in total. The number of hydrogen-bond acceptors (Lipinski definition) is 16. The van der Waals surface area contributed by atoms with Gasteiger partial charge < -0.3 is 59.1 Å². The summed E-state index contributed by atoms with van der Waals surface area (Å²) in [5, 5.41) is 64.6. The van der Waals surface area contributed by atoms with Gasteiger partial charge in [-0.05, 0) is 38.2 Å². The van der Waals surface area contributed by atoms with Crippen LogP contribution in [0.15, 0.2) is 23.5 Å². The third-order valence-corrected chi connectivity index (χ3v) is 11.6. The standard InChI is InChI=1S/C32H42O16/c1-11(2)6-17(34)48-22-24-31-10-44-32(24,29(42)43-5)26(40)21(38)23(31)30(4)13(8-16(31)47-27(22)41)12(3)7-14(25(30)39)45-28-20(37)19(36)18(35)15(9-33)46-28/h6-7,12-13,15-16,18-24,26,28,33,35-38,40H,8-10H2,1-5H3. The van der Waals surface area contributed by atoms with Crippen LogP contribution in [0.3, 0.4) is 0 Å². The summed E-state index contributed by atoms with van der Waals surface area (Å²) in [5.74, 6) is -7.95. The number of carbonyl (C=O) groups is 4. The molecule has 3 heterocycles. The summed E-state index contributed by atoms with van der Waals surface area (Å²) in [7, 11) is 1.04. The van der Waals surface area contributed by atoms with E-state index in [9.17, 15) is 49.8 Å². The Balaban J connectivity index is 1.46. The molecule has 0 radical (unpaired) electrons. The second-order valence-electron chi connectivity index (χ2n) is 14.2. The second kappa shape index (κ2) is 11.8. The van der Waals surface area contributed by atoms with Crippen LogP contribution in [0.5, 0.6) is 0 Å². The molecule has 16 nitrogen and oxygen atoms in total. The molecule has 16 heteroatoms. The van der Waals surface area contributed by atoms with E-state index in [0.717, 1.165) is 13.2 Å². The van der Waals surface area contributed by atoms with Crippen LogP contribution in [0, 0.1) is 34.5 Å². The average molecular weight is 683 g/mol. The minimum atomic E-state index is -2.38. The van der Waals surface area contributed by atoms with Crippen LogP contribution in [-0.4, -0.2) is 135 Å². The Morgan fingerprint density at radius 1 is 1.04 bits per heavy atom. The average Bonchev–Trinajstić information content (AvgIpc) is 3.34. The summed E-state index contributed by atoms with van der Waals surface area (Å²) in [4.78, 5) is 54.8. The van der Waals surface area contributed by atoms with E-state index < -0.39 is 132 Å². The molecule has 2 bridgehead atoms. The van der Waals surface area contributed by atoms with Crippen molar-refractivity contribution in [3.63, 3.8) is 0 Å². The Hall–Kier alpha value is -2.96. The Bertz CT molecular complexity index is 1440. The zero-order chi connectivity index (χ0) is 35.2. The Morgan fingerprint density at radius 2 is 1.73 bits per heavy atom. The molecule has 1 spiro atoms. The topological polar surface area (TPSA) is 245 Å². The van der Waals surface area contributed by atoms with Crippen molar-refractivity contribution in [3.8, 4) is 0 Å². The van der Waals surface area contributed by atoms with Gasteiger partial charge in [-0.2, -0.15) is 0 Å². The van der Waals surface area contributed by atoms with Gasteiger partial charge in [-0.15, -0.1) is 0 Å². The van der Waals surface area contributed by atoms with Crippen molar-refractivity contribution in [2.45, 2.75) is 94.8 Å². The van der Waals surface area contributed by atoms with Crippen LogP contribution in [0.1, 0.15) is 34.1 Å². The Labute approximate surface area is 275 Å². The second-order valence-corrected chi connectivity index (χ2v) is 14.2. The molecule has 0 amide bonds. The van der Waals surface area contributed by atoms with Gasteiger partial charge in [-0.1, -0.05) is 19.4 Å². The summed E-state index contributed by atoms with van der Waals surface area (Å²) in [6.07, 6.45) is -12.4. The van der Waals surface area contributed by atoms with Gasteiger partial charge >= 0.3 is 17.9 Å². The number of methoxy groups -OCH3 is 1. The van der Waals surface area contributed by atoms with Gasteiger partial charge in [0.1, 0.15) is 36.6 Å². The van der Waals surface area contributed by atoms with E-state index in [0.29, 0.717) is 5.57 Å². The molecule has 2 saturated carbocycles. The maximum atomic E-state index is 14.7. The third kappa shape index (κ3) is 4.50. The first kappa shape index (κ1) is 34.9. The fourth-order valence-electron chi connectivity index (χ4n) is 9.60. The summed E-state index contributed by atoms with van der Waals surface area (Å²) < 4.78 is 34.0. The molecule has 266 valence electrons. The fourth-order valence-corrected chi connectivity index (χ4v) is 9.60. The van der Waals surface area contributed by atoms with Crippen molar-refractivity contribution in [2.75, 3.05) is 20.3 Å². The van der Waals surface area contributed by atoms with E-state index in [1.807, 2.05) is 0 Å². The van der Waals surface area contributed by atoms with E-state index in [2.05, 4.69) is 0 Å².